The van der Waals surface area contributed by atoms with Crippen molar-refractivity contribution in [3.63, 3.8) is 0 Å². The molecule has 1 aromatic carbocycles. The lowest BCUT2D eigenvalue weighted by molar-refractivity contribution is -0.122. The van der Waals surface area contributed by atoms with Crippen molar-refractivity contribution in [2.24, 2.45) is 0 Å². The van der Waals surface area contributed by atoms with Crippen LogP contribution >= 0.6 is 0 Å². The van der Waals surface area contributed by atoms with Crippen molar-refractivity contribution in [3.8, 4) is 6.07 Å². The fourth-order valence-corrected chi connectivity index (χ4v) is 2.21. The van der Waals surface area contributed by atoms with E-state index in [0.29, 0.717) is 13.0 Å². The van der Waals surface area contributed by atoms with E-state index in [1.807, 2.05) is 42.2 Å². The fraction of sp³-hybridized carbons (Fsp3) is 0.529. The van der Waals surface area contributed by atoms with Crippen LogP contribution in [0.2, 0.25) is 0 Å². The quantitative estimate of drug-likeness (QED) is 0.710. The molecule has 114 valence electrons. The lowest BCUT2D eigenvalue weighted by atomic mass is 10.2. The zero-order chi connectivity index (χ0) is 15.5. The molecule has 0 saturated heterocycles. The summed E-state index contributed by atoms with van der Waals surface area (Å²) in [7, 11) is 0. The zero-order valence-corrected chi connectivity index (χ0v) is 13.0. The third kappa shape index (κ3) is 5.86. The van der Waals surface area contributed by atoms with Crippen molar-refractivity contribution < 1.29 is 4.79 Å². The summed E-state index contributed by atoms with van der Waals surface area (Å²) < 4.78 is 0. The van der Waals surface area contributed by atoms with Gasteiger partial charge in [-0.15, -0.1) is 0 Å². The van der Waals surface area contributed by atoms with Crippen LogP contribution in [0, 0.1) is 11.3 Å². The average Bonchev–Trinajstić information content (AvgIpc) is 2.52. The molecule has 0 spiro atoms. The second-order valence-corrected chi connectivity index (χ2v) is 5.11. The van der Waals surface area contributed by atoms with E-state index in [1.165, 1.54) is 0 Å². The summed E-state index contributed by atoms with van der Waals surface area (Å²) in [6.07, 6.45) is 3.69. The van der Waals surface area contributed by atoms with Crippen LogP contribution in [0.4, 0.5) is 5.69 Å². The fourth-order valence-electron chi connectivity index (χ4n) is 2.21. The largest absolute Gasteiger partial charge is 0.359 e. The van der Waals surface area contributed by atoms with E-state index in [1.54, 1.807) is 0 Å². The van der Waals surface area contributed by atoms with E-state index in [9.17, 15) is 4.79 Å². The Labute approximate surface area is 127 Å². The van der Waals surface area contributed by atoms with E-state index in [2.05, 4.69) is 18.3 Å². The predicted molar refractivity (Wildman–Crippen MR) is 86.0 cm³/mol. The number of nitrogens with zero attached hydrogens (tertiary/aromatic N) is 2. The molecule has 0 aliphatic heterocycles. The smallest absolute Gasteiger partial charge is 0.242 e. The molecular weight excluding hydrogens is 262 g/mol. The highest BCUT2D eigenvalue weighted by molar-refractivity contribution is 5.84. The molecule has 1 amide bonds. The van der Waals surface area contributed by atoms with E-state index in [0.717, 1.165) is 31.5 Å². The lowest BCUT2D eigenvalue weighted by Crippen LogP contribution is -2.46. The van der Waals surface area contributed by atoms with Gasteiger partial charge in [-0.05, 0) is 25.5 Å². The SMILES string of the molecule is CCCCCNC(=O)C(C)N(CCC#N)c1ccccc1. The Balaban J connectivity index is 2.65. The van der Waals surface area contributed by atoms with Crippen molar-refractivity contribution in [2.75, 3.05) is 18.0 Å². The number of amides is 1. The molecule has 1 rings (SSSR count). The topological polar surface area (TPSA) is 56.1 Å². The van der Waals surface area contributed by atoms with Gasteiger partial charge in [0.1, 0.15) is 6.04 Å². The predicted octanol–water partition coefficient (Wildman–Crippen LogP) is 3.10. The number of benzene rings is 1. The van der Waals surface area contributed by atoms with Crippen LogP contribution in [0.5, 0.6) is 0 Å². The van der Waals surface area contributed by atoms with Crippen molar-refractivity contribution in [1.82, 2.24) is 5.32 Å². The van der Waals surface area contributed by atoms with Crippen molar-refractivity contribution in [3.05, 3.63) is 30.3 Å². The Kier molecular flexibility index (Phi) is 7.96. The Morgan fingerprint density at radius 3 is 2.67 bits per heavy atom. The Morgan fingerprint density at radius 1 is 1.33 bits per heavy atom. The first-order valence-corrected chi connectivity index (χ1v) is 7.67. The number of unbranched alkanes of at least 4 members (excludes halogenated alkanes) is 2. The molecule has 0 aliphatic carbocycles. The summed E-state index contributed by atoms with van der Waals surface area (Å²) in [6, 6.07) is 11.6. The van der Waals surface area contributed by atoms with Crippen molar-refractivity contribution in [1.29, 1.82) is 5.26 Å². The van der Waals surface area contributed by atoms with Crippen molar-refractivity contribution >= 4 is 11.6 Å². The van der Waals surface area contributed by atoms with Crippen molar-refractivity contribution in [2.45, 2.75) is 45.6 Å². The van der Waals surface area contributed by atoms with Crippen LogP contribution in [0.3, 0.4) is 0 Å². The first kappa shape index (κ1) is 17.0. The maximum absolute atomic E-state index is 12.2. The summed E-state index contributed by atoms with van der Waals surface area (Å²) in [5, 5.41) is 11.8. The van der Waals surface area contributed by atoms with Crippen LogP contribution in [-0.4, -0.2) is 25.0 Å². The van der Waals surface area contributed by atoms with Gasteiger partial charge in [0.2, 0.25) is 5.91 Å². The Morgan fingerprint density at radius 2 is 2.05 bits per heavy atom. The molecular formula is C17H25N3O. The first-order chi connectivity index (χ1) is 10.2. The molecule has 1 atom stereocenters. The van der Waals surface area contributed by atoms with Gasteiger partial charge < -0.3 is 10.2 Å². The first-order valence-electron chi connectivity index (χ1n) is 7.67. The number of hydrogen-bond donors (Lipinski definition) is 1. The molecule has 0 aliphatic rings. The molecule has 0 fully saturated rings. The number of nitriles is 1. The molecule has 0 heterocycles. The maximum atomic E-state index is 12.2. The van der Waals surface area contributed by atoms with Gasteiger partial charge in [0.15, 0.2) is 0 Å². The van der Waals surface area contributed by atoms with E-state index in [-0.39, 0.29) is 11.9 Å². The number of nitrogens with one attached hydrogen (secondary N) is 1. The van der Waals surface area contributed by atoms with Crippen LogP contribution in [0.25, 0.3) is 0 Å². The van der Waals surface area contributed by atoms with Gasteiger partial charge in [0.05, 0.1) is 12.5 Å². The summed E-state index contributed by atoms with van der Waals surface area (Å²) in [5.74, 6) is 0.0212. The number of carbonyl (C=O) groups is 1. The third-order valence-corrected chi connectivity index (χ3v) is 3.48. The molecule has 0 bridgehead atoms. The minimum absolute atomic E-state index is 0.0212. The number of anilines is 1. The average molecular weight is 287 g/mol. The van der Waals surface area contributed by atoms with Gasteiger partial charge in [-0.2, -0.15) is 5.26 Å². The third-order valence-electron chi connectivity index (χ3n) is 3.48. The highest BCUT2D eigenvalue weighted by Gasteiger charge is 2.20. The lowest BCUT2D eigenvalue weighted by Gasteiger charge is -2.29. The normalized spacial score (nSPS) is 11.5. The highest BCUT2D eigenvalue weighted by atomic mass is 16.2. The molecule has 1 aromatic rings. The van der Waals surface area contributed by atoms with Gasteiger partial charge in [-0.1, -0.05) is 38.0 Å². The summed E-state index contributed by atoms with van der Waals surface area (Å²) in [4.78, 5) is 14.2. The Hall–Kier alpha value is -2.02. The number of hydrogen-bond acceptors (Lipinski definition) is 3. The Bertz CT molecular complexity index is 453. The van der Waals surface area contributed by atoms with Gasteiger partial charge in [0, 0.05) is 18.8 Å². The number of rotatable bonds is 9. The van der Waals surface area contributed by atoms with Gasteiger partial charge in [-0.3, -0.25) is 4.79 Å². The second-order valence-electron chi connectivity index (χ2n) is 5.11. The number of para-hydroxylation sites is 1. The monoisotopic (exact) mass is 287 g/mol. The summed E-state index contributed by atoms with van der Waals surface area (Å²) in [6.45, 7) is 5.31. The van der Waals surface area contributed by atoms with Gasteiger partial charge >= 0.3 is 0 Å². The molecule has 1 unspecified atom stereocenters. The summed E-state index contributed by atoms with van der Waals surface area (Å²) >= 11 is 0. The van der Waals surface area contributed by atoms with Crippen LogP contribution in [0.15, 0.2) is 30.3 Å². The molecule has 4 heteroatoms. The van der Waals surface area contributed by atoms with Gasteiger partial charge in [-0.25, -0.2) is 0 Å². The van der Waals surface area contributed by atoms with Crippen LogP contribution in [0.1, 0.15) is 39.5 Å². The molecule has 4 nitrogen and oxygen atoms in total. The standard InChI is InChI=1S/C17H25N3O/c1-3-4-8-13-19-17(21)15(2)20(14-9-12-18)16-10-6-5-7-11-16/h5-7,10-11,15H,3-4,8-9,13-14H2,1-2H3,(H,19,21). The van der Waals surface area contributed by atoms with Crippen LogP contribution < -0.4 is 10.2 Å². The minimum atomic E-state index is -0.276. The molecule has 0 aromatic heterocycles. The number of carbonyl (C=O) groups excluding carboxylic acids is 1. The molecule has 21 heavy (non-hydrogen) atoms. The maximum Gasteiger partial charge on any atom is 0.242 e. The summed E-state index contributed by atoms with van der Waals surface area (Å²) in [5.41, 5.74) is 0.976. The molecule has 1 N–H and O–H groups in total. The minimum Gasteiger partial charge on any atom is -0.359 e. The molecule has 0 saturated carbocycles. The zero-order valence-electron chi connectivity index (χ0n) is 13.0. The van der Waals surface area contributed by atoms with E-state index < -0.39 is 0 Å². The van der Waals surface area contributed by atoms with Gasteiger partial charge in [0.25, 0.3) is 0 Å². The van der Waals surface area contributed by atoms with Crippen LogP contribution in [-0.2, 0) is 4.79 Å². The second kappa shape index (κ2) is 9.82. The highest BCUT2D eigenvalue weighted by Crippen LogP contribution is 2.17. The van der Waals surface area contributed by atoms with E-state index in [4.69, 9.17) is 5.26 Å². The molecule has 0 radical (unpaired) electrons. The van der Waals surface area contributed by atoms with E-state index >= 15 is 0 Å².